The van der Waals surface area contributed by atoms with Gasteiger partial charge in [0.2, 0.25) is 0 Å². The molecule has 0 aliphatic heterocycles. The molecule has 1 rings (SSSR count). The van der Waals surface area contributed by atoms with E-state index < -0.39 is 0 Å². The van der Waals surface area contributed by atoms with Crippen LogP contribution in [0, 0.1) is 12.7 Å². The number of nitrogen functional groups attached to an aromatic ring is 1. The maximum Gasteiger partial charge on any atom is 0.144 e. The standard InChI is InChI=1S/C8H10FNO/c1-5-3-6(9)4-7(11-2)8(5)10/h3-4H,10H2,1-2H3. The predicted octanol–water partition coefficient (Wildman–Crippen LogP) is 1.72. The van der Waals surface area contributed by atoms with Gasteiger partial charge in [-0.25, -0.2) is 4.39 Å². The van der Waals surface area contributed by atoms with Gasteiger partial charge in [0, 0.05) is 6.07 Å². The minimum atomic E-state index is -0.325. The van der Waals surface area contributed by atoms with Gasteiger partial charge in [-0.15, -0.1) is 0 Å². The molecule has 2 nitrogen and oxygen atoms in total. The van der Waals surface area contributed by atoms with Gasteiger partial charge in [-0.2, -0.15) is 0 Å². The Morgan fingerprint density at radius 1 is 1.45 bits per heavy atom. The zero-order valence-corrected chi connectivity index (χ0v) is 6.52. The third-order valence-corrected chi connectivity index (χ3v) is 1.53. The number of rotatable bonds is 1. The molecular formula is C8H10FNO. The summed E-state index contributed by atoms with van der Waals surface area (Å²) in [7, 11) is 1.46. The molecule has 1 aromatic carbocycles. The molecule has 0 atom stereocenters. The molecule has 0 aliphatic rings. The second-order valence-corrected chi connectivity index (χ2v) is 2.34. The van der Waals surface area contributed by atoms with E-state index in [9.17, 15) is 4.39 Å². The number of hydrogen-bond acceptors (Lipinski definition) is 2. The maximum atomic E-state index is 12.7. The van der Waals surface area contributed by atoms with E-state index in [2.05, 4.69) is 0 Å². The smallest absolute Gasteiger partial charge is 0.144 e. The molecule has 0 amide bonds. The third kappa shape index (κ3) is 1.42. The Kier molecular flexibility index (Phi) is 1.98. The second kappa shape index (κ2) is 2.78. The van der Waals surface area contributed by atoms with Crippen molar-refractivity contribution < 1.29 is 9.13 Å². The molecular weight excluding hydrogens is 145 g/mol. The average molecular weight is 155 g/mol. The van der Waals surface area contributed by atoms with E-state index in [1.165, 1.54) is 19.2 Å². The van der Waals surface area contributed by atoms with Gasteiger partial charge in [0.15, 0.2) is 0 Å². The van der Waals surface area contributed by atoms with Crippen molar-refractivity contribution in [2.75, 3.05) is 12.8 Å². The van der Waals surface area contributed by atoms with Crippen LogP contribution >= 0.6 is 0 Å². The van der Waals surface area contributed by atoms with Crippen LogP contribution in [-0.2, 0) is 0 Å². The fourth-order valence-electron chi connectivity index (χ4n) is 0.892. The molecule has 0 saturated heterocycles. The quantitative estimate of drug-likeness (QED) is 0.627. The van der Waals surface area contributed by atoms with E-state index in [1.807, 2.05) is 0 Å². The normalized spacial score (nSPS) is 9.73. The van der Waals surface area contributed by atoms with Gasteiger partial charge in [0.25, 0.3) is 0 Å². The number of benzene rings is 1. The summed E-state index contributed by atoms with van der Waals surface area (Å²) in [6.07, 6.45) is 0. The van der Waals surface area contributed by atoms with Crippen molar-refractivity contribution in [1.82, 2.24) is 0 Å². The third-order valence-electron chi connectivity index (χ3n) is 1.53. The lowest BCUT2D eigenvalue weighted by Gasteiger charge is -2.06. The van der Waals surface area contributed by atoms with Crippen molar-refractivity contribution in [2.45, 2.75) is 6.92 Å². The predicted molar refractivity (Wildman–Crippen MR) is 42.1 cm³/mol. The van der Waals surface area contributed by atoms with Crippen molar-refractivity contribution in [1.29, 1.82) is 0 Å². The minimum absolute atomic E-state index is 0.325. The van der Waals surface area contributed by atoms with Gasteiger partial charge in [-0.1, -0.05) is 0 Å². The van der Waals surface area contributed by atoms with Crippen LogP contribution < -0.4 is 10.5 Å². The summed E-state index contributed by atoms with van der Waals surface area (Å²) in [5, 5.41) is 0. The number of aryl methyl sites for hydroxylation is 1. The van der Waals surface area contributed by atoms with Crippen LogP contribution in [0.1, 0.15) is 5.56 Å². The first-order valence-corrected chi connectivity index (χ1v) is 3.24. The van der Waals surface area contributed by atoms with Crippen molar-refractivity contribution >= 4 is 5.69 Å². The Labute approximate surface area is 64.8 Å². The summed E-state index contributed by atoms with van der Waals surface area (Å²) in [4.78, 5) is 0. The zero-order valence-electron chi connectivity index (χ0n) is 6.52. The zero-order chi connectivity index (χ0) is 8.43. The molecule has 3 heteroatoms. The summed E-state index contributed by atoms with van der Waals surface area (Å²) in [6.45, 7) is 1.74. The average Bonchev–Trinajstić information content (AvgIpc) is 1.96. The van der Waals surface area contributed by atoms with Crippen LogP contribution in [0.3, 0.4) is 0 Å². The van der Waals surface area contributed by atoms with E-state index in [0.29, 0.717) is 17.0 Å². The minimum Gasteiger partial charge on any atom is -0.494 e. The van der Waals surface area contributed by atoms with Crippen molar-refractivity contribution in [3.05, 3.63) is 23.5 Å². The van der Waals surface area contributed by atoms with Gasteiger partial charge < -0.3 is 10.5 Å². The first-order chi connectivity index (χ1) is 5.15. The number of anilines is 1. The van der Waals surface area contributed by atoms with E-state index >= 15 is 0 Å². The SMILES string of the molecule is COc1cc(F)cc(C)c1N. The Morgan fingerprint density at radius 2 is 2.09 bits per heavy atom. The van der Waals surface area contributed by atoms with E-state index in [-0.39, 0.29) is 5.82 Å². The molecule has 0 radical (unpaired) electrons. The van der Waals surface area contributed by atoms with E-state index in [1.54, 1.807) is 6.92 Å². The van der Waals surface area contributed by atoms with Crippen molar-refractivity contribution in [2.24, 2.45) is 0 Å². The molecule has 60 valence electrons. The summed E-state index contributed by atoms with van der Waals surface area (Å²) in [6, 6.07) is 2.64. The Hall–Kier alpha value is -1.25. The van der Waals surface area contributed by atoms with Gasteiger partial charge >= 0.3 is 0 Å². The molecule has 0 fully saturated rings. The lowest BCUT2D eigenvalue weighted by Crippen LogP contribution is -1.95. The molecule has 0 saturated carbocycles. The number of hydrogen-bond donors (Lipinski definition) is 1. The van der Waals surface area contributed by atoms with Crippen LogP contribution in [0.4, 0.5) is 10.1 Å². The highest BCUT2D eigenvalue weighted by Gasteiger charge is 2.03. The van der Waals surface area contributed by atoms with Crippen LogP contribution in [0.2, 0.25) is 0 Å². The number of nitrogens with two attached hydrogens (primary N) is 1. The Morgan fingerprint density at radius 3 is 2.64 bits per heavy atom. The largest absolute Gasteiger partial charge is 0.494 e. The van der Waals surface area contributed by atoms with Crippen molar-refractivity contribution in [3.8, 4) is 5.75 Å². The van der Waals surface area contributed by atoms with Crippen LogP contribution in [0.5, 0.6) is 5.75 Å². The number of ether oxygens (including phenoxy) is 1. The molecule has 1 aromatic rings. The molecule has 0 heterocycles. The van der Waals surface area contributed by atoms with Gasteiger partial charge in [-0.05, 0) is 18.6 Å². The lowest BCUT2D eigenvalue weighted by molar-refractivity contribution is 0.413. The summed E-state index contributed by atoms with van der Waals surface area (Å²) in [5.74, 6) is 0.0658. The van der Waals surface area contributed by atoms with Crippen molar-refractivity contribution in [3.63, 3.8) is 0 Å². The fraction of sp³-hybridized carbons (Fsp3) is 0.250. The van der Waals surface area contributed by atoms with Gasteiger partial charge in [-0.3, -0.25) is 0 Å². The summed E-state index contributed by atoms with van der Waals surface area (Å²) < 4.78 is 17.5. The highest BCUT2D eigenvalue weighted by Crippen LogP contribution is 2.25. The monoisotopic (exact) mass is 155 g/mol. The maximum absolute atomic E-state index is 12.7. The highest BCUT2D eigenvalue weighted by molar-refractivity contribution is 5.58. The fourth-order valence-corrected chi connectivity index (χ4v) is 0.892. The van der Waals surface area contributed by atoms with Crippen LogP contribution in [0.15, 0.2) is 12.1 Å². The second-order valence-electron chi connectivity index (χ2n) is 2.34. The van der Waals surface area contributed by atoms with Crippen LogP contribution in [-0.4, -0.2) is 7.11 Å². The topological polar surface area (TPSA) is 35.2 Å². The first kappa shape index (κ1) is 7.85. The molecule has 0 aliphatic carbocycles. The summed E-state index contributed by atoms with van der Waals surface area (Å²) >= 11 is 0. The Bertz CT molecular complexity index is 273. The van der Waals surface area contributed by atoms with Gasteiger partial charge in [0.05, 0.1) is 12.8 Å². The molecule has 0 aromatic heterocycles. The first-order valence-electron chi connectivity index (χ1n) is 3.24. The lowest BCUT2D eigenvalue weighted by atomic mass is 10.2. The molecule has 2 N–H and O–H groups in total. The van der Waals surface area contributed by atoms with Gasteiger partial charge in [0.1, 0.15) is 11.6 Å². The molecule has 0 spiro atoms. The highest BCUT2D eigenvalue weighted by atomic mass is 19.1. The van der Waals surface area contributed by atoms with E-state index in [0.717, 1.165) is 0 Å². The number of methoxy groups -OCH3 is 1. The molecule has 0 unspecified atom stereocenters. The molecule has 0 bridgehead atoms. The van der Waals surface area contributed by atoms with Crippen LogP contribution in [0.25, 0.3) is 0 Å². The van der Waals surface area contributed by atoms with E-state index in [4.69, 9.17) is 10.5 Å². The number of halogens is 1. The Balaban J connectivity index is 3.24. The summed E-state index contributed by atoms with van der Waals surface area (Å²) in [5.41, 5.74) is 6.76. The molecule has 11 heavy (non-hydrogen) atoms.